The minimum atomic E-state index is 0.314. The van der Waals surface area contributed by atoms with Crippen molar-refractivity contribution in [2.24, 2.45) is 4.99 Å². The summed E-state index contributed by atoms with van der Waals surface area (Å²) in [5.41, 5.74) is 0. The highest BCUT2D eigenvalue weighted by Gasteiger charge is 2.18. The van der Waals surface area contributed by atoms with Crippen molar-refractivity contribution < 1.29 is 4.74 Å². The van der Waals surface area contributed by atoms with Gasteiger partial charge in [-0.3, -0.25) is 4.99 Å². The van der Waals surface area contributed by atoms with E-state index in [2.05, 4.69) is 22.3 Å². The fraction of sp³-hybridized carbons (Fsp3) is 0.900. The number of aliphatic imine (C=N–C) groups is 1. The zero-order valence-corrected chi connectivity index (χ0v) is 10.1. The summed E-state index contributed by atoms with van der Waals surface area (Å²) in [5.74, 6) is 1.19. The molecule has 2 heterocycles. The van der Waals surface area contributed by atoms with Crippen molar-refractivity contribution in [3.63, 3.8) is 0 Å². The second-order valence-corrected chi connectivity index (χ2v) is 5.11. The van der Waals surface area contributed by atoms with E-state index < -0.39 is 0 Å². The largest absolute Gasteiger partial charge is 0.374 e. The van der Waals surface area contributed by atoms with Crippen LogP contribution < -0.4 is 5.32 Å². The summed E-state index contributed by atoms with van der Waals surface area (Å²) in [7, 11) is 2.14. The van der Waals surface area contributed by atoms with E-state index in [4.69, 9.17) is 4.74 Å². The summed E-state index contributed by atoms with van der Waals surface area (Å²) in [6.45, 7) is 4.77. The molecule has 15 heavy (non-hydrogen) atoms. The van der Waals surface area contributed by atoms with Crippen molar-refractivity contribution in [2.45, 2.75) is 12.5 Å². The van der Waals surface area contributed by atoms with Crippen molar-refractivity contribution in [3.8, 4) is 0 Å². The standard InChI is InChI=1S/C10H19N3OS/c1-13-4-5-14-9(8-13)7-12-10-11-3-2-6-15-10/h9H,2-8H2,1H3,(H,11,12). The quantitative estimate of drug-likeness (QED) is 0.744. The lowest BCUT2D eigenvalue weighted by atomic mass is 10.3. The van der Waals surface area contributed by atoms with Crippen molar-refractivity contribution >= 4 is 16.9 Å². The number of nitrogens with one attached hydrogen (secondary N) is 1. The molecule has 4 nitrogen and oxygen atoms in total. The maximum Gasteiger partial charge on any atom is 0.156 e. The van der Waals surface area contributed by atoms with Crippen LogP contribution in [0.5, 0.6) is 0 Å². The molecule has 0 saturated carbocycles. The van der Waals surface area contributed by atoms with Crippen molar-refractivity contribution in [1.29, 1.82) is 0 Å². The van der Waals surface area contributed by atoms with Gasteiger partial charge in [0.2, 0.25) is 0 Å². The Morgan fingerprint density at radius 2 is 2.60 bits per heavy atom. The molecule has 1 saturated heterocycles. The first-order valence-corrected chi connectivity index (χ1v) is 6.54. The molecule has 1 fully saturated rings. The number of likely N-dealkylation sites (N-methyl/N-ethyl adjacent to an activating group) is 1. The molecule has 5 heteroatoms. The Hall–Kier alpha value is -0.260. The third kappa shape index (κ3) is 3.66. The van der Waals surface area contributed by atoms with Gasteiger partial charge in [-0.15, -0.1) is 0 Å². The summed E-state index contributed by atoms with van der Waals surface area (Å²) in [4.78, 5) is 6.74. The Labute approximate surface area is 95.5 Å². The van der Waals surface area contributed by atoms with E-state index >= 15 is 0 Å². The smallest absolute Gasteiger partial charge is 0.156 e. The first-order valence-electron chi connectivity index (χ1n) is 5.56. The predicted octanol–water partition coefficient (Wildman–Crippen LogP) is 0.400. The van der Waals surface area contributed by atoms with Crippen LogP contribution in [-0.4, -0.2) is 61.8 Å². The zero-order valence-electron chi connectivity index (χ0n) is 9.24. The van der Waals surface area contributed by atoms with Crippen molar-refractivity contribution in [1.82, 2.24) is 10.2 Å². The number of rotatable bonds is 2. The molecule has 1 unspecified atom stereocenters. The SMILES string of the molecule is CN1CCOC(CNC2=NCCCS2)C1. The predicted molar refractivity (Wildman–Crippen MR) is 64.6 cm³/mol. The fourth-order valence-corrected chi connectivity index (χ4v) is 2.59. The summed E-state index contributed by atoms with van der Waals surface area (Å²) in [6.07, 6.45) is 1.52. The number of amidine groups is 1. The Balaban J connectivity index is 1.70. The Morgan fingerprint density at radius 3 is 3.33 bits per heavy atom. The average Bonchev–Trinajstić information content (AvgIpc) is 2.28. The van der Waals surface area contributed by atoms with Gasteiger partial charge in [0, 0.05) is 31.9 Å². The van der Waals surface area contributed by atoms with Gasteiger partial charge in [-0.1, -0.05) is 11.8 Å². The van der Waals surface area contributed by atoms with E-state index in [9.17, 15) is 0 Å². The van der Waals surface area contributed by atoms with Gasteiger partial charge >= 0.3 is 0 Å². The number of hydrogen-bond acceptors (Lipinski definition) is 5. The third-order valence-corrected chi connectivity index (χ3v) is 3.66. The van der Waals surface area contributed by atoms with E-state index in [-0.39, 0.29) is 0 Å². The van der Waals surface area contributed by atoms with Crippen LogP contribution in [0.1, 0.15) is 6.42 Å². The van der Waals surface area contributed by atoms with E-state index in [1.807, 2.05) is 11.8 Å². The highest BCUT2D eigenvalue weighted by molar-refractivity contribution is 8.13. The molecule has 86 valence electrons. The minimum Gasteiger partial charge on any atom is -0.374 e. The number of nitrogens with zero attached hydrogens (tertiary/aromatic N) is 2. The van der Waals surface area contributed by atoms with Crippen molar-refractivity contribution in [3.05, 3.63) is 0 Å². The average molecular weight is 229 g/mol. The summed E-state index contributed by atoms with van der Waals surface area (Å²) in [5, 5.41) is 4.47. The zero-order chi connectivity index (χ0) is 10.5. The molecule has 0 spiro atoms. The second kappa shape index (κ2) is 5.72. The molecule has 1 N–H and O–H groups in total. The molecule has 0 aromatic rings. The van der Waals surface area contributed by atoms with Crippen LogP contribution in [0.15, 0.2) is 4.99 Å². The molecule has 0 radical (unpaired) electrons. The highest BCUT2D eigenvalue weighted by atomic mass is 32.2. The number of morpholine rings is 1. The van der Waals surface area contributed by atoms with Gasteiger partial charge in [0.1, 0.15) is 0 Å². The molecule has 2 aliphatic rings. The van der Waals surface area contributed by atoms with E-state index in [0.29, 0.717) is 6.10 Å². The summed E-state index contributed by atoms with van der Waals surface area (Å²) < 4.78 is 5.67. The number of hydrogen-bond donors (Lipinski definition) is 1. The lowest BCUT2D eigenvalue weighted by molar-refractivity contribution is -0.0159. The maximum atomic E-state index is 5.67. The molecule has 0 aliphatic carbocycles. The Kier molecular flexibility index (Phi) is 4.29. The number of thioether (sulfide) groups is 1. The third-order valence-electron chi connectivity index (χ3n) is 2.62. The second-order valence-electron chi connectivity index (χ2n) is 4.02. The van der Waals surface area contributed by atoms with Crippen LogP contribution in [-0.2, 0) is 4.74 Å². The van der Waals surface area contributed by atoms with E-state index in [0.717, 1.165) is 38.0 Å². The van der Waals surface area contributed by atoms with Crippen LogP contribution in [0.2, 0.25) is 0 Å². The topological polar surface area (TPSA) is 36.9 Å². The molecule has 2 rings (SSSR count). The van der Waals surface area contributed by atoms with Gasteiger partial charge in [-0.25, -0.2) is 0 Å². The molecular formula is C10H19N3OS. The van der Waals surface area contributed by atoms with Crippen LogP contribution in [0.25, 0.3) is 0 Å². The Bertz CT molecular complexity index is 235. The maximum absolute atomic E-state index is 5.67. The van der Waals surface area contributed by atoms with Crippen LogP contribution in [0.4, 0.5) is 0 Å². The van der Waals surface area contributed by atoms with Gasteiger partial charge in [0.15, 0.2) is 5.17 Å². The van der Waals surface area contributed by atoms with Gasteiger partial charge in [0.05, 0.1) is 12.7 Å². The van der Waals surface area contributed by atoms with E-state index in [1.165, 1.54) is 12.2 Å². The van der Waals surface area contributed by atoms with Crippen LogP contribution in [0, 0.1) is 0 Å². The van der Waals surface area contributed by atoms with Gasteiger partial charge < -0.3 is 15.0 Å². The first-order chi connectivity index (χ1) is 7.34. The molecule has 0 aromatic heterocycles. The molecular weight excluding hydrogens is 210 g/mol. The summed E-state index contributed by atoms with van der Waals surface area (Å²) in [6, 6.07) is 0. The lowest BCUT2D eigenvalue weighted by Crippen LogP contribution is -2.45. The van der Waals surface area contributed by atoms with Gasteiger partial charge in [0.25, 0.3) is 0 Å². The van der Waals surface area contributed by atoms with Crippen LogP contribution >= 0.6 is 11.8 Å². The van der Waals surface area contributed by atoms with E-state index in [1.54, 1.807) is 0 Å². The molecule has 0 amide bonds. The molecule has 1 atom stereocenters. The molecule has 0 bridgehead atoms. The normalized spacial score (nSPS) is 28.6. The number of ether oxygens (including phenoxy) is 1. The fourth-order valence-electron chi connectivity index (χ4n) is 1.76. The Morgan fingerprint density at radius 1 is 1.67 bits per heavy atom. The first kappa shape index (κ1) is 11.2. The lowest BCUT2D eigenvalue weighted by Gasteiger charge is -2.30. The van der Waals surface area contributed by atoms with Crippen LogP contribution in [0.3, 0.4) is 0 Å². The molecule has 0 aromatic carbocycles. The summed E-state index contributed by atoms with van der Waals surface area (Å²) >= 11 is 1.82. The minimum absolute atomic E-state index is 0.314. The van der Waals surface area contributed by atoms with Crippen molar-refractivity contribution in [2.75, 3.05) is 45.6 Å². The monoisotopic (exact) mass is 229 g/mol. The molecule has 2 aliphatic heterocycles. The van der Waals surface area contributed by atoms with Gasteiger partial charge in [-0.2, -0.15) is 0 Å². The highest BCUT2D eigenvalue weighted by Crippen LogP contribution is 2.10. The van der Waals surface area contributed by atoms with Gasteiger partial charge in [-0.05, 0) is 13.5 Å².